The molecule has 0 unspecified atom stereocenters. The summed E-state index contributed by atoms with van der Waals surface area (Å²) in [6.07, 6.45) is 2.29. The van der Waals surface area contributed by atoms with Crippen LogP contribution in [0.1, 0.15) is 27.2 Å². The number of aromatic nitrogens is 2. The number of carbonyl (C=O) groups is 1. The molecule has 8 heteroatoms. The van der Waals surface area contributed by atoms with Crippen molar-refractivity contribution in [3.05, 3.63) is 65.0 Å². The van der Waals surface area contributed by atoms with Crippen molar-refractivity contribution in [3.63, 3.8) is 0 Å². The first-order chi connectivity index (χ1) is 16.4. The molecule has 0 spiro atoms. The Morgan fingerprint density at radius 3 is 2.50 bits per heavy atom. The lowest BCUT2D eigenvalue weighted by Gasteiger charge is -2.35. The van der Waals surface area contributed by atoms with E-state index >= 15 is 0 Å². The summed E-state index contributed by atoms with van der Waals surface area (Å²) in [5, 5.41) is 3.32. The molecular formula is C26H31N7O. The van der Waals surface area contributed by atoms with Gasteiger partial charge in [-0.25, -0.2) is 9.97 Å². The molecule has 3 N–H and O–H groups in total. The van der Waals surface area contributed by atoms with Crippen LogP contribution < -0.4 is 20.9 Å². The Labute approximate surface area is 200 Å². The molecule has 1 aromatic heterocycles. The fraction of sp³-hybridized carbons (Fsp3) is 0.346. The van der Waals surface area contributed by atoms with Gasteiger partial charge in [0.15, 0.2) is 0 Å². The lowest BCUT2D eigenvalue weighted by atomic mass is 10.0. The molecule has 176 valence electrons. The molecule has 2 aromatic carbocycles. The topological polar surface area (TPSA) is 90.6 Å². The number of amides is 1. The third-order valence-corrected chi connectivity index (χ3v) is 6.74. The number of benzene rings is 2. The highest BCUT2D eigenvalue weighted by molar-refractivity contribution is 6.08. The van der Waals surface area contributed by atoms with Crippen LogP contribution >= 0.6 is 0 Å². The number of carbonyl (C=O) groups excluding carboxylic acids is 1. The normalized spacial score (nSPS) is 16.5. The van der Waals surface area contributed by atoms with Crippen molar-refractivity contribution in [3.8, 4) is 0 Å². The molecule has 1 fully saturated rings. The Bertz CT molecular complexity index is 1230. The van der Waals surface area contributed by atoms with Crippen LogP contribution in [0.2, 0.25) is 0 Å². The summed E-state index contributed by atoms with van der Waals surface area (Å²) in [6.45, 7) is 8.92. The average molecular weight is 458 g/mol. The van der Waals surface area contributed by atoms with Gasteiger partial charge in [-0.05, 0) is 62.4 Å². The number of fused-ring (bicyclic) bond motifs is 1. The summed E-state index contributed by atoms with van der Waals surface area (Å²) in [4.78, 5) is 28.9. The summed E-state index contributed by atoms with van der Waals surface area (Å²) < 4.78 is 0. The first-order valence-electron chi connectivity index (χ1n) is 11.7. The van der Waals surface area contributed by atoms with Crippen LogP contribution in [0, 0.1) is 13.8 Å². The number of aryl methyl sites for hydroxylation is 2. The Morgan fingerprint density at radius 1 is 0.941 bits per heavy atom. The van der Waals surface area contributed by atoms with Gasteiger partial charge in [0, 0.05) is 68.1 Å². The number of nitrogen functional groups attached to an aromatic ring is 1. The van der Waals surface area contributed by atoms with Gasteiger partial charge in [-0.3, -0.25) is 4.79 Å². The van der Waals surface area contributed by atoms with Gasteiger partial charge in [-0.15, -0.1) is 0 Å². The number of nitrogens with two attached hydrogens (primary N) is 1. The molecule has 34 heavy (non-hydrogen) atoms. The van der Waals surface area contributed by atoms with Crippen molar-refractivity contribution in [2.45, 2.75) is 20.3 Å². The van der Waals surface area contributed by atoms with Gasteiger partial charge in [-0.2, -0.15) is 0 Å². The van der Waals surface area contributed by atoms with Crippen molar-refractivity contribution in [2.24, 2.45) is 0 Å². The molecule has 5 rings (SSSR count). The third-order valence-electron chi connectivity index (χ3n) is 6.74. The number of nitrogens with one attached hydrogen (secondary N) is 1. The molecule has 3 heterocycles. The lowest BCUT2D eigenvalue weighted by molar-refractivity contribution is 0.0979. The van der Waals surface area contributed by atoms with E-state index in [1.807, 2.05) is 25.1 Å². The van der Waals surface area contributed by atoms with E-state index in [4.69, 9.17) is 5.73 Å². The number of likely N-dealkylation sites (N-methyl/N-ethyl adjacent to an activating group) is 1. The van der Waals surface area contributed by atoms with Crippen molar-refractivity contribution < 1.29 is 4.79 Å². The van der Waals surface area contributed by atoms with E-state index in [0.717, 1.165) is 48.8 Å². The summed E-state index contributed by atoms with van der Waals surface area (Å²) >= 11 is 0. The largest absolute Gasteiger partial charge is 0.399 e. The van der Waals surface area contributed by atoms with E-state index in [1.54, 1.807) is 11.1 Å². The molecule has 0 saturated carbocycles. The highest BCUT2D eigenvalue weighted by Gasteiger charge is 2.28. The molecule has 0 atom stereocenters. The number of anilines is 5. The fourth-order valence-electron chi connectivity index (χ4n) is 4.72. The van der Waals surface area contributed by atoms with Crippen LogP contribution in [0.25, 0.3) is 0 Å². The summed E-state index contributed by atoms with van der Waals surface area (Å²) in [5.74, 6) is 0.417. The van der Waals surface area contributed by atoms with Crippen molar-refractivity contribution in [1.29, 1.82) is 0 Å². The van der Waals surface area contributed by atoms with E-state index in [0.29, 0.717) is 30.2 Å². The minimum absolute atomic E-state index is 0.0890. The minimum atomic E-state index is -0.0890. The SMILES string of the molecule is Cc1cc(Nc2ncc3c(n2)CCN(c2cc(N)ccc2C)C3=O)ccc1N1CCN(C)CC1. The van der Waals surface area contributed by atoms with Gasteiger partial charge in [0.1, 0.15) is 0 Å². The van der Waals surface area contributed by atoms with Crippen molar-refractivity contribution >= 4 is 34.6 Å². The highest BCUT2D eigenvalue weighted by Crippen LogP contribution is 2.29. The Morgan fingerprint density at radius 2 is 1.74 bits per heavy atom. The molecule has 1 amide bonds. The quantitative estimate of drug-likeness (QED) is 0.581. The van der Waals surface area contributed by atoms with Crippen LogP contribution in [-0.4, -0.2) is 60.5 Å². The van der Waals surface area contributed by atoms with E-state index in [2.05, 4.69) is 57.3 Å². The van der Waals surface area contributed by atoms with Crippen LogP contribution in [-0.2, 0) is 6.42 Å². The van der Waals surface area contributed by atoms with Crippen LogP contribution in [0.4, 0.5) is 28.7 Å². The predicted molar refractivity (Wildman–Crippen MR) is 137 cm³/mol. The molecule has 1 saturated heterocycles. The van der Waals surface area contributed by atoms with E-state index in [9.17, 15) is 4.79 Å². The van der Waals surface area contributed by atoms with Gasteiger partial charge < -0.3 is 25.8 Å². The number of nitrogens with zero attached hydrogens (tertiary/aromatic N) is 5. The number of rotatable bonds is 4. The van der Waals surface area contributed by atoms with Gasteiger partial charge in [0.2, 0.25) is 5.95 Å². The smallest absolute Gasteiger partial charge is 0.261 e. The van der Waals surface area contributed by atoms with E-state index in [1.165, 1.54) is 11.3 Å². The summed E-state index contributed by atoms with van der Waals surface area (Å²) in [7, 11) is 2.17. The van der Waals surface area contributed by atoms with E-state index < -0.39 is 0 Å². The molecule has 3 aromatic rings. The van der Waals surface area contributed by atoms with Crippen molar-refractivity contribution in [1.82, 2.24) is 14.9 Å². The first kappa shape index (κ1) is 22.2. The lowest BCUT2D eigenvalue weighted by Crippen LogP contribution is -2.44. The van der Waals surface area contributed by atoms with Gasteiger partial charge in [0.25, 0.3) is 5.91 Å². The number of piperazine rings is 1. The maximum atomic E-state index is 13.2. The summed E-state index contributed by atoms with van der Waals surface area (Å²) in [5.41, 5.74) is 13.2. The maximum Gasteiger partial charge on any atom is 0.261 e. The highest BCUT2D eigenvalue weighted by atomic mass is 16.2. The standard InChI is InChI=1S/C26H31N7O/c1-17-4-5-19(27)15-24(17)33-9-8-22-21(25(33)34)16-28-26(30-22)29-20-6-7-23(18(2)14-20)32-12-10-31(3)11-13-32/h4-7,14-16H,8-13,27H2,1-3H3,(H,28,29,30). The summed E-state index contributed by atoms with van der Waals surface area (Å²) in [6, 6.07) is 12.0. The Hall–Kier alpha value is -3.65. The molecular weight excluding hydrogens is 426 g/mol. The monoisotopic (exact) mass is 457 g/mol. The Kier molecular flexibility index (Phi) is 5.83. The predicted octanol–water partition coefficient (Wildman–Crippen LogP) is 3.37. The van der Waals surface area contributed by atoms with Crippen LogP contribution in [0.15, 0.2) is 42.6 Å². The van der Waals surface area contributed by atoms with Gasteiger partial charge >= 0.3 is 0 Å². The Balaban J connectivity index is 1.32. The first-order valence-corrected chi connectivity index (χ1v) is 11.7. The zero-order chi connectivity index (χ0) is 23.8. The van der Waals surface area contributed by atoms with Gasteiger partial charge in [-0.1, -0.05) is 6.07 Å². The molecule has 0 bridgehead atoms. The molecule has 2 aliphatic heterocycles. The second-order valence-electron chi connectivity index (χ2n) is 9.22. The third kappa shape index (κ3) is 4.28. The number of hydrogen-bond donors (Lipinski definition) is 2. The molecule has 8 nitrogen and oxygen atoms in total. The minimum Gasteiger partial charge on any atom is -0.399 e. The average Bonchev–Trinajstić information content (AvgIpc) is 2.82. The van der Waals surface area contributed by atoms with Crippen LogP contribution in [0.3, 0.4) is 0 Å². The van der Waals surface area contributed by atoms with Gasteiger partial charge in [0.05, 0.1) is 11.3 Å². The van der Waals surface area contributed by atoms with E-state index in [-0.39, 0.29) is 5.91 Å². The second kappa shape index (κ2) is 8.95. The number of hydrogen-bond acceptors (Lipinski definition) is 7. The van der Waals surface area contributed by atoms with Crippen molar-refractivity contribution in [2.75, 3.05) is 60.6 Å². The zero-order valence-electron chi connectivity index (χ0n) is 20.0. The molecule has 2 aliphatic rings. The molecule has 0 aliphatic carbocycles. The fourth-order valence-corrected chi connectivity index (χ4v) is 4.72. The maximum absolute atomic E-state index is 13.2. The molecule has 0 radical (unpaired) electrons. The van der Waals surface area contributed by atoms with Crippen LogP contribution in [0.5, 0.6) is 0 Å². The zero-order valence-corrected chi connectivity index (χ0v) is 20.0. The second-order valence-corrected chi connectivity index (χ2v) is 9.22.